The van der Waals surface area contributed by atoms with Crippen molar-refractivity contribution >= 4 is 23.3 Å². The monoisotopic (exact) mass is 332 g/mol. The van der Waals surface area contributed by atoms with Crippen LogP contribution in [0.1, 0.15) is 26.2 Å². The van der Waals surface area contributed by atoms with E-state index in [1.165, 1.54) is 0 Å². The second-order valence-electron chi connectivity index (χ2n) is 6.02. The lowest BCUT2D eigenvalue weighted by molar-refractivity contribution is -0.124. The summed E-state index contributed by atoms with van der Waals surface area (Å²) >= 11 is 0. The molecule has 0 spiro atoms. The fourth-order valence-electron chi connectivity index (χ4n) is 3.30. The number of hydrogen-bond donors (Lipinski definition) is 1. The van der Waals surface area contributed by atoms with Crippen molar-refractivity contribution in [3.05, 3.63) is 18.3 Å². The average molecular weight is 332 g/mol. The van der Waals surface area contributed by atoms with Crippen LogP contribution in [0.2, 0.25) is 0 Å². The fourth-order valence-corrected chi connectivity index (χ4v) is 3.30. The molecule has 0 aliphatic carbocycles. The van der Waals surface area contributed by atoms with E-state index in [1.54, 1.807) is 17.2 Å². The number of pyridine rings is 1. The Kier molecular flexibility index (Phi) is 5.30. The van der Waals surface area contributed by atoms with Crippen molar-refractivity contribution in [3.8, 4) is 0 Å². The fraction of sp³-hybridized carbons (Fsp3) is 0.588. The first-order valence-corrected chi connectivity index (χ1v) is 8.60. The van der Waals surface area contributed by atoms with Crippen LogP contribution in [-0.4, -0.2) is 55.7 Å². The Balaban J connectivity index is 1.65. The van der Waals surface area contributed by atoms with Crippen molar-refractivity contribution < 1.29 is 14.3 Å². The second-order valence-corrected chi connectivity index (χ2v) is 6.02. The third-order valence-electron chi connectivity index (χ3n) is 4.43. The number of ether oxygens (including phenoxy) is 1. The van der Waals surface area contributed by atoms with Crippen LogP contribution in [0.3, 0.4) is 0 Å². The Morgan fingerprint density at radius 3 is 3.21 bits per heavy atom. The van der Waals surface area contributed by atoms with Crippen molar-refractivity contribution in [2.24, 2.45) is 0 Å². The van der Waals surface area contributed by atoms with E-state index >= 15 is 0 Å². The molecule has 2 amide bonds. The van der Waals surface area contributed by atoms with E-state index in [0.29, 0.717) is 19.8 Å². The smallest absolute Gasteiger partial charge is 0.250 e. The highest BCUT2D eigenvalue weighted by Gasteiger charge is 2.41. The summed E-state index contributed by atoms with van der Waals surface area (Å²) in [6.07, 6.45) is 4.29. The molecule has 2 aliphatic heterocycles. The Bertz CT molecular complexity index is 607. The van der Waals surface area contributed by atoms with Gasteiger partial charge in [-0.25, -0.2) is 4.98 Å². The number of nitrogens with one attached hydrogen (secondary N) is 1. The van der Waals surface area contributed by atoms with Gasteiger partial charge in [0, 0.05) is 32.5 Å². The van der Waals surface area contributed by atoms with Gasteiger partial charge in [0.25, 0.3) is 0 Å². The van der Waals surface area contributed by atoms with Crippen LogP contribution in [0.5, 0.6) is 0 Å². The van der Waals surface area contributed by atoms with Gasteiger partial charge >= 0.3 is 0 Å². The first-order valence-electron chi connectivity index (χ1n) is 8.60. The highest BCUT2D eigenvalue weighted by atomic mass is 16.5. The number of anilines is 2. The summed E-state index contributed by atoms with van der Waals surface area (Å²) in [5.41, 5.74) is 0.727. The second kappa shape index (κ2) is 7.61. The van der Waals surface area contributed by atoms with E-state index in [4.69, 9.17) is 4.74 Å². The van der Waals surface area contributed by atoms with E-state index in [1.807, 2.05) is 13.0 Å². The molecule has 7 heteroatoms. The van der Waals surface area contributed by atoms with Gasteiger partial charge in [-0.2, -0.15) is 0 Å². The summed E-state index contributed by atoms with van der Waals surface area (Å²) in [4.78, 5) is 33.1. The summed E-state index contributed by atoms with van der Waals surface area (Å²) in [6, 6.07) is 3.48. The molecule has 0 saturated carbocycles. The lowest BCUT2D eigenvalue weighted by Gasteiger charge is -2.38. The molecule has 3 rings (SSSR count). The lowest BCUT2D eigenvalue weighted by atomic mass is 10.1. The van der Waals surface area contributed by atoms with Gasteiger partial charge in [0.05, 0.1) is 5.69 Å². The van der Waals surface area contributed by atoms with Crippen molar-refractivity contribution in [3.63, 3.8) is 0 Å². The number of carbonyl (C=O) groups excluding carboxylic acids is 2. The zero-order valence-corrected chi connectivity index (χ0v) is 14.0. The van der Waals surface area contributed by atoms with Crippen LogP contribution in [0, 0.1) is 0 Å². The van der Waals surface area contributed by atoms with Crippen LogP contribution in [0.15, 0.2) is 18.3 Å². The van der Waals surface area contributed by atoms with Crippen LogP contribution in [0.4, 0.5) is 11.5 Å². The molecule has 0 bridgehead atoms. The molecule has 0 radical (unpaired) electrons. The Labute approximate surface area is 142 Å². The number of hydrogen-bond acceptors (Lipinski definition) is 5. The molecule has 1 aromatic heterocycles. The molecular weight excluding hydrogens is 308 g/mol. The average Bonchev–Trinajstić information content (AvgIpc) is 3.08. The molecule has 130 valence electrons. The summed E-state index contributed by atoms with van der Waals surface area (Å²) in [6.45, 7) is 4.68. The Morgan fingerprint density at radius 2 is 2.38 bits per heavy atom. The molecule has 1 N–H and O–H groups in total. The molecule has 1 atom stereocenters. The third-order valence-corrected chi connectivity index (χ3v) is 4.43. The van der Waals surface area contributed by atoms with Gasteiger partial charge in [-0.15, -0.1) is 0 Å². The molecule has 1 fully saturated rings. The van der Waals surface area contributed by atoms with Gasteiger partial charge in [0.15, 0.2) is 5.82 Å². The van der Waals surface area contributed by atoms with Crippen LogP contribution in [-0.2, 0) is 14.3 Å². The molecular formula is C17H24N4O3. The minimum atomic E-state index is -0.182. The van der Waals surface area contributed by atoms with Crippen molar-refractivity contribution in [2.45, 2.75) is 32.2 Å². The Hall–Kier alpha value is -2.15. The molecule has 0 aromatic carbocycles. The predicted octanol–water partition coefficient (Wildman–Crippen LogP) is 0.940. The molecule has 1 saturated heterocycles. The number of rotatable bonds is 7. The normalized spacial score (nSPS) is 19.2. The van der Waals surface area contributed by atoms with E-state index in [9.17, 15) is 9.59 Å². The maximum atomic E-state index is 12.8. The highest BCUT2D eigenvalue weighted by molar-refractivity contribution is 6.07. The molecule has 2 aliphatic rings. The molecule has 3 heterocycles. The number of fused-ring (bicyclic) bond motifs is 3. The number of aromatic nitrogens is 1. The highest BCUT2D eigenvalue weighted by Crippen LogP contribution is 2.37. The lowest BCUT2D eigenvalue weighted by Crippen LogP contribution is -2.53. The van der Waals surface area contributed by atoms with E-state index in [-0.39, 0.29) is 24.4 Å². The van der Waals surface area contributed by atoms with Gasteiger partial charge in [-0.1, -0.05) is 0 Å². The molecule has 0 unspecified atom stereocenters. The third kappa shape index (κ3) is 3.36. The maximum absolute atomic E-state index is 12.8. The molecule has 1 aromatic rings. The number of nitrogens with zero attached hydrogens (tertiary/aromatic N) is 3. The Morgan fingerprint density at radius 1 is 1.50 bits per heavy atom. The summed E-state index contributed by atoms with van der Waals surface area (Å²) < 4.78 is 5.25. The van der Waals surface area contributed by atoms with Gasteiger partial charge < -0.3 is 15.0 Å². The summed E-state index contributed by atoms with van der Waals surface area (Å²) in [5.74, 6) is 0.655. The van der Waals surface area contributed by atoms with Crippen LogP contribution < -0.4 is 15.1 Å². The minimum absolute atomic E-state index is 0.00235. The van der Waals surface area contributed by atoms with Crippen LogP contribution in [0.25, 0.3) is 0 Å². The molecule has 7 nitrogen and oxygen atoms in total. The first-order chi connectivity index (χ1) is 11.7. The number of amides is 2. The summed E-state index contributed by atoms with van der Waals surface area (Å²) in [7, 11) is 0. The number of carbonyl (C=O) groups is 2. The van der Waals surface area contributed by atoms with Gasteiger partial charge in [0.1, 0.15) is 12.6 Å². The largest absolute Gasteiger partial charge is 0.382 e. The van der Waals surface area contributed by atoms with Gasteiger partial charge in [0.2, 0.25) is 11.8 Å². The van der Waals surface area contributed by atoms with Gasteiger partial charge in [-0.05, 0) is 38.3 Å². The van der Waals surface area contributed by atoms with E-state index < -0.39 is 0 Å². The predicted molar refractivity (Wildman–Crippen MR) is 91.1 cm³/mol. The standard InChI is InChI=1S/C17H24N4O3/c1-2-24-11-5-9-18-15(22)12-21-13-6-3-8-19-16(13)20-10-4-7-14(20)17(21)23/h3,6,8,14H,2,4-5,7,9-12H2,1H3,(H,18,22)/t14-/m0/s1. The maximum Gasteiger partial charge on any atom is 0.250 e. The van der Waals surface area contributed by atoms with E-state index in [0.717, 1.165) is 37.3 Å². The zero-order chi connectivity index (χ0) is 16.9. The minimum Gasteiger partial charge on any atom is -0.382 e. The summed E-state index contributed by atoms with van der Waals surface area (Å²) in [5, 5.41) is 2.85. The van der Waals surface area contributed by atoms with Crippen molar-refractivity contribution in [1.82, 2.24) is 10.3 Å². The van der Waals surface area contributed by atoms with Crippen molar-refractivity contribution in [1.29, 1.82) is 0 Å². The zero-order valence-electron chi connectivity index (χ0n) is 14.0. The first kappa shape index (κ1) is 16.7. The SMILES string of the molecule is CCOCCCNC(=O)CN1C(=O)[C@@H]2CCCN2c2ncccc21. The quantitative estimate of drug-likeness (QED) is 0.752. The molecule has 24 heavy (non-hydrogen) atoms. The topological polar surface area (TPSA) is 74.8 Å². The van der Waals surface area contributed by atoms with E-state index in [2.05, 4.69) is 15.2 Å². The van der Waals surface area contributed by atoms with Crippen molar-refractivity contribution in [2.75, 3.05) is 42.6 Å². The van der Waals surface area contributed by atoms with Crippen LogP contribution >= 0.6 is 0 Å². The van der Waals surface area contributed by atoms with Gasteiger partial charge in [-0.3, -0.25) is 14.5 Å².